The second-order valence-corrected chi connectivity index (χ2v) is 3.50. The van der Waals surface area contributed by atoms with Gasteiger partial charge in [-0.2, -0.15) is 15.2 Å². The van der Waals surface area contributed by atoms with Crippen molar-refractivity contribution in [3.63, 3.8) is 0 Å². The lowest BCUT2D eigenvalue weighted by Gasteiger charge is -2.00. The van der Waals surface area contributed by atoms with Gasteiger partial charge in [-0.15, -0.1) is 0 Å². The number of hydrazone groups is 1. The molecule has 0 aliphatic heterocycles. The molecule has 2 N–H and O–H groups in total. The first-order chi connectivity index (χ1) is 8.65. The molecule has 18 heavy (non-hydrogen) atoms. The molecule has 0 unspecified atom stereocenters. The highest BCUT2D eigenvalue weighted by Gasteiger charge is 2.00. The maximum atomic E-state index is 12.9. The van der Waals surface area contributed by atoms with Crippen LogP contribution in [-0.2, 0) is 0 Å². The van der Waals surface area contributed by atoms with E-state index in [0.29, 0.717) is 11.3 Å². The summed E-state index contributed by atoms with van der Waals surface area (Å²) in [4.78, 5) is 14.6. The summed E-state index contributed by atoms with van der Waals surface area (Å²) in [6.45, 7) is 1.67. The summed E-state index contributed by atoms with van der Waals surface area (Å²) >= 11 is 0. The Balaban J connectivity index is 2.12. The lowest BCUT2D eigenvalue weighted by molar-refractivity contribution is 0.627. The molecule has 0 saturated carbocycles. The molecule has 0 saturated heterocycles. The van der Waals surface area contributed by atoms with Crippen LogP contribution in [0.2, 0.25) is 0 Å². The number of nitrogens with zero attached hydrogens (tertiary/aromatic N) is 3. The van der Waals surface area contributed by atoms with Gasteiger partial charge >= 0.3 is 5.69 Å². The number of rotatable bonds is 3. The quantitative estimate of drug-likeness (QED) is 0.627. The van der Waals surface area contributed by atoms with Gasteiger partial charge < -0.3 is 0 Å². The standard InChI is InChI=1S/C11H10FN5O/c1-7-10(14-11(18)17-15-7)16-13-6-8-3-2-4-9(12)5-8/h2-6H,1H3,(H2,14,16,17,18)/b13-6-. The van der Waals surface area contributed by atoms with Crippen LogP contribution in [0.4, 0.5) is 10.2 Å². The number of anilines is 1. The first kappa shape index (κ1) is 11.9. The molecule has 2 aromatic rings. The Morgan fingerprint density at radius 2 is 2.33 bits per heavy atom. The van der Waals surface area contributed by atoms with Gasteiger partial charge in [-0.05, 0) is 24.6 Å². The summed E-state index contributed by atoms with van der Waals surface area (Å²) in [6.07, 6.45) is 1.42. The molecule has 6 nitrogen and oxygen atoms in total. The van der Waals surface area contributed by atoms with Crippen LogP contribution in [0.1, 0.15) is 11.3 Å². The molecule has 0 atom stereocenters. The first-order valence-corrected chi connectivity index (χ1v) is 5.13. The van der Waals surface area contributed by atoms with Gasteiger partial charge in [-0.3, -0.25) is 5.43 Å². The Bertz CT molecular complexity index is 637. The molecule has 2 rings (SSSR count). The zero-order chi connectivity index (χ0) is 13.0. The van der Waals surface area contributed by atoms with Crippen LogP contribution < -0.4 is 11.1 Å². The summed E-state index contributed by atoms with van der Waals surface area (Å²) in [5.74, 6) is -0.0857. The van der Waals surface area contributed by atoms with E-state index in [9.17, 15) is 9.18 Å². The third-order valence-corrected chi connectivity index (χ3v) is 2.11. The molecular weight excluding hydrogens is 237 g/mol. The van der Waals surface area contributed by atoms with Crippen LogP contribution in [0.25, 0.3) is 0 Å². The van der Waals surface area contributed by atoms with Crippen LogP contribution >= 0.6 is 0 Å². The first-order valence-electron chi connectivity index (χ1n) is 5.13. The molecule has 0 aliphatic rings. The number of hydrogen-bond acceptors (Lipinski definition) is 5. The van der Waals surface area contributed by atoms with E-state index in [4.69, 9.17) is 0 Å². The van der Waals surface area contributed by atoms with Crippen LogP contribution in [0.5, 0.6) is 0 Å². The van der Waals surface area contributed by atoms with Crippen molar-refractivity contribution in [3.8, 4) is 0 Å². The predicted octanol–water partition coefficient (Wildman–Crippen LogP) is 1.06. The molecular formula is C11H10FN5O. The van der Waals surface area contributed by atoms with Crippen molar-refractivity contribution in [1.29, 1.82) is 0 Å². The van der Waals surface area contributed by atoms with E-state index in [0.717, 1.165) is 0 Å². The average molecular weight is 247 g/mol. The minimum atomic E-state index is -0.566. The molecule has 1 aromatic heterocycles. The third-order valence-electron chi connectivity index (χ3n) is 2.11. The van der Waals surface area contributed by atoms with Gasteiger partial charge in [-0.1, -0.05) is 12.1 Å². The third kappa shape index (κ3) is 2.97. The van der Waals surface area contributed by atoms with Gasteiger partial charge in [0.15, 0.2) is 5.82 Å². The van der Waals surface area contributed by atoms with Gasteiger partial charge in [0.2, 0.25) is 0 Å². The van der Waals surface area contributed by atoms with Crippen molar-refractivity contribution in [3.05, 3.63) is 51.8 Å². The van der Waals surface area contributed by atoms with Crippen LogP contribution in [0.15, 0.2) is 34.2 Å². The fourth-order valence-electron chi connectivity index (χ4n) is 1.25. The van der Waals surface area contributed by atoms with Gasteiger partial charge in [0.25, 0.3) is 0 Å². The zero-order valence-electron chi connectivity index (χ0n) is 9.51. The van der Waals surface area contributed by atoms with E-state index >= 15 is 0 Å². The molecule has 0 aliphatic carbocycles. The van der Waals surface area contributed by atoms with Gasteiger partial charge in [-0.25, -0.2) is 14.3 Å². The van der Waals surface area contributed by atoms with Crippen molar-refractivity contribution >= 4 is 12.0 Å². The van der Waals surface area contributed by atoms with Crippen molar-refractivity contribution in [2.75, 3.05) is 5.43 Å². The molecule has 7 heteroatoms. The number of aromatic amines is 1. The molecule has 92 valence electrons. The second kappa shape index (κ2) is 5.17. The predicted molar refractivity (Wildman–Crippen MR) is 65.0 cm³/mol. The highest BCUT2D eigenvalue weighted by atomic mass is 19.1. The summed E-state index contributed by atoms with van der Waals surface area (Å²) in [6, 6.07) is 5.96. The number of benzene rings is 1. The summed E-state index contributed by atoms with van der Waals surface area (Å²) < 4.78 is 12.9. The highest BCUT2D eigenvalue weighted by Crippen LogP contribution is 2.04. The fraction of sp³-hybridized carbons (Fsp3) is 0.0909. The van der Waals surface area contributed by atoms with Crippen LogP contribution in [0.3, 0.4) is 0 Å². The zero-order valence-corrected chi connectivity index (χ0v) is 9.51. The molecule has 0 fully saturated rings. The molecule has 1 heterocycles. The van der Waals surface area contributed by atoms with Crippen LogP contribution in [0, 0.1) is 12.7 Å². The average Bonchev–Trinajstić information content (AvgIpc) is 2.34. The van der Waals surface area contributed by atoms with E-state index in [1.165, 1.54) is 18.3 Å². The van der Waals surface area contributed by atoms with E-state index in [2.05, 4.69) is 25.7 Å². The minimum Gasteiger partial charge on any atom is -0.260 e. The highest BCUT2D eigenvalue weighted by molar-refractivity contribution is 5.80. The number of aryl methyl sites for hydroxylation is 1. The van der Waals surface area contributed by atoms with Crippen molar-refractivity contribution in [1.82, 2.24) is 15.2 Å². The second-order valence-electron chi connectivity index (χ2n) is 3.50. The Morgan fingerprint density at radius 3 is 3.11 bits per heavy atom. The molecule has 0 amide bonds. The maximum absolute atomic E-state index is 12.9. The van der Waals surface area contributed by atoms with Crippen molar-refractivity contribution < 1.29 is 4.39 Å². The molecule has 1 aromatic carbocycles. The van der Waals surface area contributed by atoms with Crippen LogP contribution in [-0.4, -0.2) is 21.4 Å². The number of nitrogens with one attached hydrogen (secondary N) is 2. The molecule has 0 bridgehead atoms. The lowest BCUT2D eigenvalue weighted by Crippen LogP contribution is -2.15. The maximum Gasteiger partial charge on any atom is 0.363 e. The van der Waals surface area contributed by atoms with Gasteiger partial charge in [0.05, 0.1) is 6.21 Å². The monoisotopic (exact) mass is 247 g/mol. The summed E-state index contributed by atoms with van der Waals surface area (Å²) in [7, 11) is 0. The SMILES string of the molecule is Cc1n[nH]c(=O)nc1N/N=C\c1cccc(F)c1. The lowest BCUT2D eigenvalue weighted by atomic mass is 10.2. The van der Waals surface area contributed by atoms with Gasteiger partial charge in [0.1, 0.15) is 11.5 Å². The Labute approximate surface area is 102 Å². The van der Waals surface area contributed by atoms with Crippen molar-refractivity contribution in [2.24, 2.45) is 5.10 Å². The number of aromatic nitrogens is 3. The smallest absolute Gasteiger partial charge is 0.260 e. The Hall–Kier alpha value is -2.57. The number of hydrogen-bond donors (Lipinski definition) is 2. The van der Waals surface area contributed by atoms with E-state index < -0.39 is 5.69 Å². The van der Waals surface area contributed by atoms with E-state index in [1.54, 1.807) is 19.1 Å². The fourth-order valence-corrected chi connectivity index (χ4v) is 1.25. The largest absolute Gasteiger partial charge is 0.363 e. The summed E-state index contributed by atoms with van der Waals surface area (Å²) in [5, 5.41) is 9.78. The summed E-state index contributed by atoms with van der Waals surface area (Å²) in [5.41, 5.74) is 3.11. The number of H-pyrrole nitrogens is 1. The molecule has 0 spiro atoms. The van der Waals surface area contributed by atoms with Gasteiger partial charge in [0, 0.05) is 0 Å². The van der Waals surface area contributed by atoms with E-state index in [-0.39, 0.29) is 11.6 Å². The minimum absolute atomic E-state index is 0.256. The number of halogens is 1. The normalized spacial score (nSPS) is 10.8. The van der Waals surface area contributed by atoms with Crippen molar-refractivity contribution in [2.45, 2.75) is 6.92 Å². The molecule has 0 radical (unpaired) electrons. The Kier molecular flexibility index (Phi) is 3.42. The van der Waals surface area contributed by atoms with E-state index in [1.807, 2.05) is 0 Å². The Morgan fingerprint density at radius 1 is 1.50 bits per heavy atom. The topological polar surface area (TPSA) is 83.0 Å².